The molecule has 0 atom stereocenters. The zero-order valence-electron chi connectivity index (χ0n) is 9.24. The Morgan fingerprint density at radius 3 is 3.00 bits per heavy atom. The molecule has 1 aromatic heterocycles. The Hall–Kier alpha value is -1.55. The topological polar surface area (TPSA) is 39.1 Å². The number of nitrogens with zero attached hydrogens (tertiary/aromatic N) is 2. The molecule has 0 aliphatic rings. The number of hydrogen-bond donors (Lipinski definition) is 1. The lowest BCUT2D eigenvalue weighted by Crippen LogP contribution is -2.02. The molecule has 1 N–H and O–H groups in total. The zero-order chi connectivity index (χ0) is 10.8. The summed E-state index contributed by atoms with van der Waals surface area (Å²) in [5, 5.41) is 3.14. The van der Waals surface area contributed by atoms with Crippen LogP contribution in [0.25, 0.3) is 11.0 Å². The molecular weight excluding hydrogens is 190 g/mol. The van der Waals surface area contributed by atoms with Crippen molar-refractivity contribution < 1.29 is 4.74 Å². The second kappa shape index (κ2) is 3.90. The zero-order valence-corrected chi connectivity index (χ0v) is 9.24. The van der Waals surface area contributed by atoms with Gasteiger partial charge in [0.05, 0.1) is 11.0 Å². The summed E-state index contributed by atoms with van der Waals surface area (Å²) in [4.78, 5) is 4.46. The van der Waals surface area contributed by atoms with E-state index in [1.807, 2.05) is 26.1 Å². The third-order valence-electron chi connectivity index (χ3n) is 2.53. The number of anilines is 1. The standard InChI is InChI=1S/C11H15N3O/c1-8-13-10-6-9(12-7-15-3)4-5-11(10)14(8)2/h4-6,12H,7H2,1-3H3. The maximum absolute atomic E-state index is 4.95. The van der Waals surface area contributed by atoms with E-state index in [9.17, 15) is 0 Å². The first-order chi connectivity index (χ1) is 7.22. The van der Waals surface area contributed by atoms with Crippen molar-refractivity contribution in [3.63, 3.8) is 0 Å². The maximum atomic E-state index is 4.95. The van der Waals surface area contributed by atoms with Gasteiger partial charge in [0.2, 0.25) is 0 Å². The molecule has 15 heavy (non-hydrogen) atoms. The molecule has 0 fully saturated rings. The number of hydrogen-bond acceptors (Lipinski definition) is 3. The normalized spacial score (nSPS) is 10.9. The van der Waals surface area contributed by atoms with Gasteiger partial charge in [-0.2, -0.15) is 0 Å². The largest absolute Gasteiger partial charge is 0.365 e. The Kier molecular flexibility index (Phi) is 2.60. The van der Waals surface area contributed by atoms with E-state index in [1.165, 1.54) is 0 Å². The first-order valence-corrected chi connectivity index (χ1v) is 4.88. The Labute approximate surface area is 88.9 Å². The summed E-state index contributed by atoms with van der Waals surface area (Å²) in [5.74, 6) is 1.02. The summed E-state index contributed by atoms with van der Waals surface area (Å²) < 4.78 is 7.03. The van der Waals surface area contributed by atoms with Crippen LogP contribution in [0.2, 0.25) is 0 Å². The van der Waals surface area contributed by atoms with E-state index in [4.69, 9.17) is 4.74 Å². The molecule has 2 aromatic rings. The SMILES string of the molecule is COCNc1ccc2c(c1)nc(C)n2C. The Morgan fingerprint density at radius 2 is 2.27 bits per heavy atom. The Bertz CT molecular complexity index is 476. The van der Waals surface area contributed by atoms with E-state index < -0.39 is 0 Å². The van der Waals surface area contributed by atoms with Crippen LogP contribution >= 0.6 is 0 Å². The van der Waals surface area contributed by atoms with Crippen LogP contribution in [-0.4, -0.2) is 23.4 Å². The molecule has 0 amide bonds. The van der Waals surface area contributed by atoms with Crippen LogP contribution in [0, 0.1) is 6.92 Å². The summed E-state index contributed by atoms with van der Waals surface area (Å²) in [6.07, 6.45) is 0. The van der Waals surface area contributed by atoms with Crippen molar-refractivity contribution in [1.82, 2.24) is 9.55 Å². The highest BCUT2D eigenvalue weighted by molar-refractivity contribution is 5.80. The molecule has 0 unspecified atom stereocenters. The molecule has 0 saturated heterocycles. The first-order valence-electron chi connectivity index (χ1n) is 4.88. The van der Waals surface area contributed by atoms with Gasteiger partial charge in [-0.25, -0.2) is 4.98 Å². The second-order valence-electron chi connectivity index (χ2n) is 3.53. The van der Waals surface area contributed by atoms with Gasteiger partial charge in [0.1, 0.15) is 12.6 Å². The maximum Gasteiger partial charge on any atom is 0.116 e. The highest BCUT2D eigenvalue weighted by Gasteiger charge is 2.03. The van der Waals surface area contributed by atoms with E-state index in [0.717, 1.165) is 22.5 Å². The van der Waals surface area contributed by atoms with Crippen LogP contribution in [0.15, 0.2) is 18.2 Å². The smallest absolute Gasteiger partial charge is 0.116 e. The lowest BCUT2D eigenvalue weighted by molar-refractivity contribution is 0.221. The minimum atomic E-state index is 0.511. The van der Waals surface area contributed by atoms with Gasteiger partial charge in [0.25, 0.3) is 0 Å². The van der Waals surface area contributed by atoms with E-state index in [2.05, 4.69) is 20.9 Å². The van der Waals surface area contributed by atoms with Gasteiger partial charge >= 0.3 is 0 Å². The fraction of sp³-hybridized carbons (Fsp3) is 0.364. The van der Waals surface area contributed by atoms with Crippen molar-refractivity contribution in [3.8, 4) is 0 Å². The van der Waals surface area contributed by atoms with Gasteiger partial charge < -0.3 is 14.6 Å². The average Bonchev–Trinajstić information content (AvgIpc) is 2.52. The summed E-state index contributed by atoms with van der Waals surface area (Å²) >= 11 is 0. The molecule has 0 aliphatic carbocycles. The monoisotopic (exact) mass is 205 g/mol. The lowest BCUT2D eigenvalue weighted by Gasteiger charge is -2.04. The third-order valence-corrected chi connectivity index (χ3v) is 2.53. The Balaban J connectivity index is 2.39. The molecule has 4 heteroatoms. The van der Waals surface area contributed by atoms with Crippen molar-refractivity contribution in [2.45, 2.75) is 6.92 Å². The highest BCUT2D eigenvalue weighted by Crippen LogP contribution is 2.18. The van der Waals surface area contributed by atoms with E-state index in [-0.39, 0.29) is 0 Å². The fourth-order valence-corrected chi connectivity index (χ4v) is 1.59. The lowest BCUT2D eigenvalue weighted by atomic mass is 10.3. The number of fused-ring (bicyclic) bond motifs is 1. The van der Waals surface area contributed by atoms with Gasteiger partial charge in [-0.1, -0.05) is 0 Å². The predicted octanol–water partition coefficient (Wildman–Crippen LogP) is 1.90. The molecule has 1 heterocycles. The minimum absolute atomic E-state index is 0.511. The molecule has 0 bridgehead atoms. The van der Waals surface area contributed by atoms with Crippen molar-refractivity contribution in [2.75, 3.05) is 19.2 Å². The van der Waals surface area contributed by atoms with Crippen LogP contribution in [0.4, 0.5) is 5.69 Å². The molecule has 0 aliphatic heterocycles. The molecule has 4 nitrogen and oxygen atoms in total. The first kappa shape index (κ1) is 9.98. The van der Waals surface area contributed by atoms with E-state index >= 15 is 0 Å². The van der Waals surface area contributed by atoms with Crippen LogP contribution < -0.4 is 5.32 Å². The van der Waals surface area contributed by atoms with Crippen LogP contribution in [0.5, 0.6) is 0 Å². The molecule has 80 valence electrons. The molecule has 0 spiro atoms. The van der Waals surface area contributed by atoms with Crippen LogP contribution in [-0.2, 0) is 11.8 Å². The van der Waals surface area contributed by atoms with Crippen molar-refractivity contribution in [1.29, 1.82) is 0 Å². The average molecular weight is 205 g/mol. The number of aryl methyl sites for hydroxylation is 2. The third kappa shape index (κ3) is 1.80. The number of rotatable bonds is 3. The number of benzene rings is 1. The summed E-state index contributed by atoms with van der Waals surface area (Å²) in [6, 6.07) is 6.12. The minimum Gasteiger partial charge on any atom is -0.365 e. The van der Waals surface area contributed by atoms with E-state index in [1.54, 1.807) is 7.11 Å². The highest BCUT2D eigenvalue weighted by atomic mass is 16.5. The number of methoxy groups -OCH3 is 1. The van der Waals surface area contributed by atoms with Gasteiger partial charge in [-0.15, -0.1) is 0 Å². The van der Waals surface area contributed by atoms with Gasteiger partial charge in [0, 0.05) is 19.8 Å². The predicted molar refractivity (Wildman–Crippen MR) is 60.9 cm³/mol. The second-order valence-corrected chi connectivity index (χ2v) is 3.53. The summed E-state index contributed by atoms with van der Waals surface area (Å²) in [5.41, 5.74) is 3.19. The fourth-order valence-electron chi connectivity index (χ4n) is 1.59. The van der Waals surface area contributed by atoms with Gasteiger partial charge in [0.15, 0.2) is 0 Å². The van der Waals surface area contributed by atoms with E-state index in [0.29, 0.717) is 6.73 Å². The molecule has 0 saturated carbocycles. The van der Waals surface area contributed by atoms with Gasteiger partial charge in [-0.05, 0) is 25.1 Å². The molecule has 0 radical (unpaired) electrons. The van der Waals surface area contributed by atoms with Gasteiger partial charge in [-0.3, -0.25) is 0 Å². The number of nitrogens with one attached hydrogen (secondary N) is 1. The van der Waals surface area contributed by atoms with Crippen molar-refractivity contribution in [2.24, 2.45) is 7.05 Å². The number of aromatic nitrogens is 2. The molecule has 1 aromatic carbocycles. The van der Waals surface area contributed by atoms with Crippen molar-refractivity contribution >= 4 is 16.7 Å². The molecular formula is C11H15N3O. The quantitative estimate of drug-likeness (QED) is 0.778. The van der Waals surface area contributed by atoms with Crippen molar-refractivity contribution in [3.05, 3.63) is 24.0 Å². The Morgan fingerprint density at radius 1 is 1.47 bits per heavy atom. The summed E-state index contributed by atoms with van der Waals surface area (Å²) in [7, 11) is 3.68. The summed E-state index contributed by atoms with van der Waals surface area (Å²) in [6.45, 7) is 2.51. The van der Waals surface area contributed by atoms with Crippen LogP contribution in [0.1, 0.15) is 5.82 Å². The number of imidazole rings is 1. The molecule has 2 rings (SSSR count). The van der Waals surface area contributed by atoms with Crippen LogP contribution in [0.3, 0.4) is 0 Å². The number of ether oxygens (including phenoxy) is 1.